The second-order valence-electron chi connectivity index (χ2n) is 7.98. The minimum atomic E-state index is -0.483. The molecule has 0 N–H and O–H groups in total. The number of nitro groups is 1. The summed E-state index contributed by atoms with van der Waals surface area (Å²) in [5, 5.41) is 13.7. The largest absolute Gasteiger partial charge is 0.294 e. The van der Waals surface area contributed by atoms with Crippen LogP contribution in [0.2, 0.25) is 0 Å². The molecule has 1 aliphatic heterocycles. The van der Waals surface area contributed by atoms with E-state index in [2.05, 4.69) is 0 Å². The zero-order valence-corrected chi connectivity index (χ0v) is 16.8. The number of Topliss-reactive ketones (excluding diaryl/α,β-unsaturated/α-hetero) is 1. The minimum absolute atomic E-state index is 0.0236. The van der Waals surface area contributed by atoms with E-state index in [1.807, 2.05) is 42.5 Å². The average molecular weight is 412 g/mol. The average Bonchev–Trinajstić information content (AvgIpc) is 2.78. The number of fused-ring (bicyclic) bond motifs is 1. The number of anilines is 1. The van der Waals surface area contributed by atoms with E-state index in [-0.39, 0.29) is 35.4 Å². The second kappa shape index (κ2) is 7.47. The third-order valence-corrected chi connectivity index (χ3v) is 6.17. The fourth-order valence-electron chi connectivity index (χ4n) is 4.79. The molecule has 0 aromatic heterocycles. The van der Waals surface area contributed by atoms with Crippen molar-refractivity contribution in [1.82, 2.24) is 0 Å². The Bertz CT molecular complexity index is 1280. The SMILES string of the molecule is O=C1CCCC2=C1C(c1ccc3ccccc3c1)CC(=O)N2c1ccccc1[N+](=O)[O-]. The van der Waals surface area contributed by atoms with Crippen molar-refractivity contribution in [1.29, 1.82) is 0 Å². The highest BCUT2D eigenvalue weighted by atomic mass is 16.6. The summed E-state index contributed by atoms with van der Waals surface area (Å²) >= 11 is 0. The number of hydrogen-bond donors (Lipinski definition) is 0. The number of allylic oxidation sites excluding steroid dienone is 2. The Morgan fingerprint density at radius 1 is 0.903 bits per heavy atom. The zero-order chi connectivity index (χ0) is 21.5. The van der Waals surface area contributed by atoms with Gasteiger partial charge in [-0.1, -0.05) is 54.6 Å². The van der Waals surface area contributed by atoms with E-state index in [4.69, 9.17) is 0 Å². The van der Waals surface area contributed by atoms with E-state index in [0.29, 0.717) is 30.5 Å². The third-order valence-electron chi connectivity index (χ3n) is 6.17. The summed E-state index contributed by atoms with van der Waals surface area (Å²) < 4.78 is 0. The molecule has 3 aromatic carbocycles. The molecular formula is C25H20N2O4. The molecule has 5 rings (SSSR count). The Hall–Kier alpha value is -3.80. The van der Waals surface area contributed by atoms with Crippen molar-refractivity contribution in [3.05, 3.63) is 93.7 Å². The van der Waals surface area contributed by atoms with Crippen LogP contribution in [0.1, 0.15) is 37.2 Å². The lowest BCUT2D eigenvalue weighted by Gasteiger charge is -2.38. The molecule has 154 valence electrons. The summed E-state index contributed by atoms with van der Waals surface area (Å²) in [6.45, 7) is 0. The minimum Gasteiger partial charge on any atom is -0.294 e. The molecule has 1 atom stereocenters. The van der Waals surface area contributed by atoms with Crippen LogP contribution in [0.4, 0.5) is 11.4 Å². The molecule has 0 bridgehead atoms. The molecule has 2 aliphatic rings. The smallest absolute Gasteiger partial charge is 0.293 e. The maximum atomic E-state index is 13.3. The number of hydrogen-bond acceptors (Lipinski definition) is 4. The van der Waals surface area contributed by atoms with Gasteiger partial charge in [0.1, 0.15) is 5.69 Å². The van der Waals surface area contributed by atoms with Gasteiger partial charge in [-0.05, 0) is 35.2 Å². The quantitative estimate of drug-likeness (QED) is 0.433. The topological polar surface area (TPSA) is 80.5 Å². The molecule has 0 saturated carbocycles. The Kier molecular flexibility index (Phi) is 4.62. The Labute approximate surface area is 178 Å². The van der Waals surface area contributed by atoms with Gasteiger partial charge in [0.05, 0.1) is 4.92 Å². The van der Waals surface area contributed by atoms with Crippen molar-refractivity contribution in [2.45, 2.75) is 31.6 Å². The first-order valence-corrected chi connectivity index (χ1v) is 10.4. The number of nitrogens with zero attached hydrogens (tertiary/aromatic N) is 2. The Balaban J connectivity index is 1.68. The predicted molar refractivity (Wildman–Crippen MR) is 118 cm³/mol. The van der Waals surface area contributed by atoms with Crippen molar-refractivity contribution in [2.75, 3.05) is 4.90 Å². The van der Waals surface area contributed by atoms with Crippen LogP contribution < -0.4 is 4.90 Å². The highest BCUT2D eigenvalue weighted by Gasteiger charge is 2.41. The highest BCUT2D eigenvalue weighted by Crippen LogP contribution is 2.45. The van der Waals surface area contributed by atoms with Crippen molar-refractivity contribution in [3.8, 4) is 0 Å². The molecular weight excluding hydrogens is 392 g/mol. The van der Waals surface area contributed by atoms with Crippen LogP contribution in [0.5, 0.6) is 0 Å². The summed E-state index contributed by atoms with van der Waals surface area (Å²) in [4.78, 5) is 38.9. The van der Waals surface area contributed by atoms with Crippen molar-refractivity contribution in [3.63, 3.8) is 0 Å². The first kappa shape index (κ1) is 19.2. The number of benzene rings is 3. The van der Waals surface area contributed by atoms with Gasteiger partial charge in [-0.2, -0.15) is 0 Å². The molecule has 1 aliphatic carbocycles. The summed E-state index contributed by atoms with van der Waals surface area (Å²) in [5.41, 5.74) is 2.26. The molecule has 31 heavy (non-hydrogen) atoms. The number of para-hydroxylation sites is 2. The van der Waals surface area contributed by atoms with Gasteiger partial charge in [0.25, 0.3) is 5.69 Å². The number of carbonyl (C=O) groups excluding carboxylic acids is 2. The van der Waals surface area contributed by atoms with Gasteiger partial charge in [-0.25, -0.2) is 0 Å². The molecule has 1 unspecified atom stereocenters. The van der Waals surface area contributed by atoms with Crippen LogP contribution in [0, 0.1) is 10.1 Å². The van der Waals surface area contributed by atoms with Crippen LogP contribution in [0.15, 0.2) is 78.0 Å². The van der Waals surface area contributed by atoms with Crippen LogP contribution in [0.25, 0.3) is 10.8 Å². The molecule has 0 radical (unpaired) electrons. The van der Waals surface area contributed by atoms with E-state index in [9.17, 15) is 19.7 Å². The zero-order valence-electron chi connectivity index (χ0n) is 16.8. The first-order valence-electron chi connectivity index (χ1n) is 10.4. The van der Waals surface area contributed by atoms with Crippen molar-refractivity contribution in [2.24, 2.45) is 0 Å². The normalized spacial score (nSPS) is 19.0. The lowest BCUT2D eigenvalue weighted by molar-refractivity contribution is -0.384. The van der Waals surface area contributed by atoms with Gasteiger partial charge < -0.3 is 0 Å². The molecule has 3 aromatic rings. The van der Waals surface area contributed by atoms with Crippen LogP contribution >= 0.6 is 0 Å². The van der Waals surface area contributed by atoms with Gasteiger partial charge in [-0.15, -0.1) is 0 Å². The second-order valence-corrected chi connectivity index (χ2v) is 7.98. The lowest BCUT2D eigenvalue weighted by Crippen LogP contribution is -2.40. The monoisotopic (exact) mass is 412 g/mol. The number of ketones is 1. The number of rotatable bonds is 3. The molecule has 0 spiro atoms. The van der Waals surface area contributed by atoms with E-state index in [1.165, 1.54) is 11.0 Å². The van der Waals surface area contributed by atoms with Crippen LogP contribution in [-0.2, 0) is 9.59 Å². The standard InChI is InChI=1S/C25H20N2O4/c28-23-11-5-10-22-25(23)19(18-13-12-16-6-1-2-7-17(16)14-18)15-24(29)26(22)20-8-3-4-9-21(20)27(30)31/h1-4,6-9,12-14,19H,5,10-11,15H2. The maximum Gasteiger partial charge on any atom is 0.293 e. The number of carbonyl (C=O) groups is 2. The molecule has 0 fully saturated rings. The maximum absolute atomic E-state index is 13.3. The Morgan fingerprint density at radius 2 is 1.65 bits per heavy atom. The highest BCUT2D eigenvalue weighted by molar-refractivity contribution is 6.08. The van der Waals surface area contributed by atoms with Gasteiger partial charge >= 0.3 is 0 Å². The van der Waals surface area contributed by atoms with Gasteiger partial charge in [0.2, 0.25) is 5.91 Å². The first-order chi connectivity index (χ1) is 15.0. The summed E-state index contributed by atoms with van der Waals surface area (Å²) in [6.07, 6.45) is 1.71. The number of nitro benzene ring substituents is 1. The van der Waals surface area contributed by atoms with Crippen LogP contribution in [-0.4, -0.2) is 16.6 Å². The Morgan fingerprint density at radius 3 is 2.45 bits per heavy atom. The van der Waals surface area contributed by atoms with Crippen LogP contribution in [0.3, 0.4) is 0 Å². The summed E-state index contributed by atoms with van der Waals surface area (Å²) in [5.74, 6) is -0.532. The van der Waals surface area contributed by atoms with E-state index in [0.717, 1.165) is 16.3 Å². The fraction of sp³-hybridized carbons (Fsp3) is 0.200. The molecule has 1 heterocycles. The van der Waals surface area contributed by atoms with Crippen molar-refractivity contribution >= 4 is 33.8 Å². The summed E-state index contributed by atoms with van der Waals surface area (Å²) in [7, 11) is 0. The molecule has 6 heteroatoms. The van der Waals surface area contributed by atoms with E-state index < -0.39 is 4.92 Å². The van der Waals surface area contributed by atoms with Gasteiger partial charge in [-0.3, -0.25) is 24.6 Å². The third kappa shape index (κ3) is 3.20. The molecule has 0 saturated heterocycles. The van der Waals surface area contributed by atoms with E-state index in [1.54, 1.807) is 18.2 Å². The predicted octanol–water partition coefficient (Wildman–Crippen LogP) is 5.28. The number of amides is 1. The van der Waals surface area contributed by atoms with Gasteiger partial charge in [0, 0.05) is 36.1 Å². The van der Waals surface area contributed by atoms with E-state index >= 15 is 0 Å². The van der Waals surface area contributed by atoms with Gasteiger partial charge in [0.15, 0.2) is 5.78 Å². The molecule has 6 nitrogen and oxygen atoms in total. The lowest BCUT2D eigenvalue weighted by atomic mass is 9.76. The summed E-state index contributed by atoms with van der Waals surface area (Å²) in [6, 6.07) is 20.2. The van der Waals surface area contributed by atoms with Crippen molar-refractivity contribution < 1.29 is 14.5 Å². The molecule has 1 amide bonds. The fourth-order valence-corrected chi connectivity index (χ4v) is 4.79.